The molecule has 6 heterocycles. The number of hydrogen-bond donors (Lipinski definition) is 3. The first kappa shape index (κ1) is 43.0. The van der Waals surface area contributed by atoms with Crippen molar-refractivity contribution in [1.29, 1.82) is 0 Å². The quantitative estimate of drug-likeness (QED) is 0.0941. The van der Waals surface area contributed by atoms with E-state index in [0.717, 1.165) is 21.5 Å². The SMILES string of the molecule is Cc1ccc(C(=O)Oc2ccc(CSP3(=O)OC[C@@H]4C[C@@H](OP(=O)(O)OC[C@H]5O[C@@H](n6cc(-c7ccccc7)c(=O)[nH]c6=O)C[C@@H]5O3)[C@H](n3cnc5c(N)ncnc53)O4)cc2)cc1. The standard InChI is InChI=1S/C40H39N7O13P2S/c1-23-7-11-26(12-8-23)39(49)57-27-13-9-24(10-14-27)20-63-62(53)55-18-28-15-31(38(56-28)47-22-44-34-35(41)42-21-43-36(34)47)59-61(51,52)54-19-32-30(60-62)16-33(58-32)46-17-29(37(48)45-40(46)50)25-5-3-2-4-6-25/h2-14,17,21-22,28,30-33,38H,15-16,18-20H2,1H3,(H,51,52)(H2,41,42,43)(H,45,48,50)/t28-,30-,31+,32+,33+,38+,62?/m0/s1. The third-order valence-corrected chi connectivity index (χ3v) is 15.2. The van der Waals surface area contributed by atoms with Crippen LogP contribution < -0.4 is 21.7 Å². The Morgan fingerprint density at radius 1 is 0.905 bits per heavy atom. The molecule has 0 saturated carbocycles. The highest BCUT2D eigenvalue weighted by atomic mass is 32.7. The van der Waals surface area contributed by atoms with Crippen molar-refractivity contribution >= 4 is 49.0 Å². The van der Waals surface area contributed by atoms with Crippen LogP contribution in [0.25, 0.3) is 22.3 Å². The van der Waals surface area contributed by atoms with Gasteiger partial charge < -0.3 is 24.8 Å². The molecule has 0 radical (unpaired) electrons. The van der Waals surface area contributed by atoms with Gasteiger partial charge in [0.2, 0.25) is 0 Å². The molecule has 3 aliphatic heterocycles. The van der Waals surface area contributed by atoms with E-state index in [2.05, 4.69) is 19.9 Å². The first-order chi connectivity index (χ1) is 30.3. The van der Waals surface area contributed by atoms with Crippen LogP contribution in [-0.4, -0.2) is 77.6 Å². The predicted octanol–water partition coefficient (Wildman–Crippen LogP) is 5.69. The van der Waals surface area contributed by atoms with Crippen molar-refractivity contribution < 1.29 is 51.1 Å². The third kappa shape index (κ3) is 9.49. The largest absolute Gasteiger partial charge is 0.472 e. The van der Waals surface area contributed by atoms with E-state index >= 15 is 0 Å². The van der Waals surface area contributed by atoms with Gasteiger partial charge in [-0.3, -0.25) is 37.0 Å². The van der Waals surface area contributed by atoms with Crippen LogP contribution in [0, 0.1) is 6.92 Å². The van der Waals surface area contributed by atoms with E-state index in [0.29, 0.717) is 22.4 Å². The average molecular weight is 920 g/mol. The number of rotatable bonds is 8. The van der Waals surface area contributed by atoms with Gasteiger partial charge in [-0.25, -0.2) is 33.7 Å². The molecule has 4 N–H and O–H groups in total. The second kappa shape index (κ2) is 17.7. The Kier molecular flexibility index (Phi) is 12.1. The summed E-state index contributed by atoms with van der Waals surface area (Å²) in [5.74, 6) is -0.0324. The molecule has 63 heavy (non-hydrogen) atoms. The Morgan fingerprint density at radius 2 is 1.68 bits per heavy atom. The van der Waals surface area contributed by atoms with Gasteiger partial charge in [-0.05, 0) is 53.7 Å². The Balaban J connectivity index is 0.996. The molecule has 0 spiro atoms. The number of phosphoric acid groups is 1. The molecular weight excluding hydrogens is 880 g/mol. The Bertz CT molecular complexity index is 2860. The first-order valence-electron chi connectivity index (χ1n) is 19.6. The second-order valence-electron chi connectivity index (χ2n) is 14.9. The van der Waals surface area contributed by atoms with Crippen LogP contribution >= 0.6 is 26.0 Å². The summed E-state index contributed by atoms with van der Waals surface area (Å²) in [6.07, 6.45) is -2.75. The summed E-state index contributed by atoms with van der Waals surface area (Å²) in [5.41, 5.74) is 7.90. The van der Waals surface area contributed by atoms with E-state index in [1.807, 2.05) is 19.1 Å². The fraction of sp³-hybridized carbons (Fsp3) is 0.300. The zero-order valence-electron chi connectivity index (χ0n) is 33.2. The fourth-order valence-corrected chi connectivity index (χ4v) is 11.7. The van der Waals surface area contributed by atoms with Crippen molar-refractivity contribution in [2.45, 2.75) is 62.4 Å². The Hall–Kier alpha value is -5.31. The van der Waals surface area contributed by atoms with Gasteiger partial charge in [0.25, 0.3) is 5.56 Å². The van der Waals surface area contributed by atoms with Crippen molar-refractivity contribution in [3.8, 4) is 16.9 Å². The van der Waals surface area contributed by atoms with E-state index in [4.69, 9.17) is 38.0 Å². The van der Waals surface area contributed by atoms with E-state index in [-0.39, 0.29) is 47.7 Å². The summed E-state index contributed by atoms with van der Waals surface area (Å²) >= 11 is 0.859. The van der Waals surface area contributed by atoms with Gasteiger partial charge in [0, 0.05) is 24.8 Å². The number of H-pyrrole nitrogens is 1. The maximum absolute atomic E-state index is 15.0. The number of aromatic nitrogens is 6. The van der Waals surface area contributed by atoms with Crippen molar-refractivity contribution in [2.75, 3.05) is 18.9 Å². The minimum Gasteiger partial charge on any atom is -0.423 e. The van der Waals surface area contributed by atoms with E-state index < -0.39 is 75.3 Å². The number of nitrogen functional groups attached to an aromatic ring is 1. The number of aryl methyl sites for hydroxylation is 1. The number of nitrogens with two attached hydrogens (primary N) is 1. The molecule has 3 fully saturated rings. The summed E-state index contributed by atoms with van der Waals surface area (Å²) in [5, 5.41) is 0. The topological polar surface area (TPSA) is 261 Å². The average Bonchev–Trinajstić information content (AvgIpc) is 3.99. The number of benzene rings is 3. The molecule has 0 amide bonds. The van der Waals surface area contributed by atoms with Gasteiger partial charge in [0.15, 0.2) is 17.7 Å². The molecule has 23 heteroatoms. The molecule has 3 saturated heterocycles. The number of nitrogens with one attached hydrogen (secondary N) is 1. The molecule has 2 bridgehead atoms. The Morgan fingerprint density at radius 3 is 2.46 bits per heavy atom. The van der Waals surface area contributed by atoms with E-state index in [1.54, 1.807) is 66.7 Å². The number of hydrogen-bond acceptors (Lipinski definition) is 17. The molecule has 328 valence electrons. The van der Waals surface area contributed by atoms with Crippen molar-refractivity contribution in [1.82, 2.24) is 29.1 Å². The lowest BCUT2D eigenvalue weighted by molar-refractivity contribution is -0.0634. The van der Waals surface area contributed by atoms with E-state index in [1.165, 1.54) is 23.4 Å². The number of aromatic amines is 1. The lowest BCUT2D eigenvalue weighted by atomic mass is 10.1. The molecule has 3 aliphatic rings. The number of anilines is 1. The molecule has 2 unspecified atom stereocenters. The second-order valence-corrected chi connectivity index (χ2v) is 20.3. The van der Waals surface area contributed by atoms with Gasteiger partial charge in [-0.15, -0.1) is 0 Å². The van der Waals surface area contributed by atoms with Crippen LogP contribution in [0.4, 0.5) is 5.82 Å². The maximum Gasteiger partial charge on any atom is 0.472 e. The summed E-state index contributed by atoms with van der Waals surface area (Å²) in [4.78, 5) is 64.8. The number of fused-ring (bicyclic) bond motifs is 4. The number of carbonyl (C=O) groups excluding carboxylic acids is 1. The number of imidazole rings is 1. The lowest BCUT2D eigenvalue weighted by Crippen LogP contribution is -2.33. The summed E-state index contributed by atoms with van der Waals surface area (Å²) in [7, 11) is -4.90. The van der Waals surface area contributed by atoms with Gasteiger partial charge >= 0.3 is 26.3 Å². The van der Waals surface area contributed by atoms with Crippen molar-refractivity contribution in [3.63, 3.8) is 0 Å². The minimum absolute atomic E-state index is 0.0173. The van der Waals surface area contributed by atoms with Gasteiger partial charge in [0.1, 0.15) is 42.1 Å². The van der Waals surface area contributed by atoms with Crippen LogP contribution in [0.5, 0.6) is 5.75 Å². The van der Waals surface area contributed by atoms with Crippen LogP contribution in [0.15, 0.2) is 107 Å². The highest BCUT2D eigenvalue weighted by Gasteiger charge is 2.48. The molecule has 20 nitrogen and oxygen atoms in total. The van der Waals surface area contributed by atoms with Gasteiger partial charge in [-0.1, -0.05) is 60.2 Å². The molecule has 9 rings (SSSR count). The monoisotopic (exact) mass is 919 g/mol. The smallest absolute Gasteiger partial charge is 0.423 e. The summed E-state index contributed by atoms with van der Waals surface area (Å²) in [6, 6.07) is 22.3. The highest BCUT2D eigenvalue weighted by Crippen LogP contribution is 2.64. The van der Waals surface area contributed by atoms with Crippen molar-refractivity contribution in [2.24, 2.45) is 0 Å². The Labute approximate surface area is 361 Å². The maximum atomic E-state index is 15.0. The van der Waals surface area contributed by atoms with E-state index in [9.17, 15) is 28.4 Å². The molecule has 8 atom stereocenters. The lowest BCUT2D eigenvalue weighted by Gasteiger charge is -2.26. The fourth-order valence-electron chi connectivity index (χ4n) is 7.34. The van der Waals surface area contributed by atoms with Gasteiger partial charge in [-0.2, -0.15) is 0 Å². The molecule has 6 aromatic rings. The molecule has 3 aromatic carbocycles. The number of ether oxygens (including phenoxy) is 3. The highest BCUT2D eigenvalue weighted by molar-refractivity contribution is 8.54. The minimum atomic E-state index is -4.90. The number of carbonyl (C=O) groups is 1. The third-order valence-electron chi connectivity index (χ3n) is 10.5. The summed E-state index contributed by atoms with van der Waals surface area (Å²) < 4.78 is 73.1. The van der Waals surface area contributed by atoms with Crippen LogP contribution in [0.3, 0.4) is 0 Å². The number of nitrogens with zero attached hydrogens (tertiary/aromatic N) is 5. The van der Waals surface area contributed by atoms with Crippen molar-refractivity contribution in [3.05, 3.63) is 135 Å². The summed E-state index contributed by atoms with van der Waals surface area (Å²) in [6.45, 7) is -3.26. The van der Waals surface area contributed by atoms with Crippen LogP contribution in [0.1, 0.15) is 46.8 Å². The van der Waals surface area contributed by atoms with Crippen LogP contribution in [0.2, 0.25) is 0 Å². The zero-order chi connectivity index (χ0) is 43.9. The zero-order valence-corrected chi connectivity index (χ0v) is 35.8. The van der Waals surface area contributed by atoms with Crippen LogP contribution in [-0.2, 0) is 42.5 Å². The molecular formula is C40H39N7O13P2S. The predicted molar refractivity (Wildman–Crippen MR) is 227 cm³/mol. The molecule has 3 aromatic heterocycles. The number of esters is 1. The first-order valence-corrected chi connectivity index (χ1v) is 24.2. The number of phosphoric ester groups is 1. The van der Waals surface area contributed by atoms with Gasteiger partial charge in [0.05, 0.1) is 36.8 Å². The normalized spacial score (nSPS) is 27.5. The molecule has 0 aliphatic carbocycles.